The van der Waals surface area contributed by atoms with E-state index in [-0.39, 0.29) is 36.2 Å². The predicted octanol–water partition coefficient (Wildman–Crippen LogP) is 0.0284. The molecule has 3 fully saturated rings. The summed E-state index contributed by atoms with van der Waals surface area (Å²) in [6, 6.07) is 2.02. The molecule has 3 saturated heterocycles. The maximum absolute atomic E-state index is 13.0. The Labute approximate surface area is 149 Å². The second-order valence-electron chi connectivity index (χ2n) is 6.72. The second-order valence-corrected chi connectivity index (χ2v) is 6.72. The Bertz CT molecular complexity index is 863. The van der Waals surface area contributed by atoms with E-state index in [0.717, 1.165) is 4.90 Å². The van der Waals surface area contributed by atoms with Crippen molar-refractivity contribution in [3.8, 4) is 6.07 Å². The molecule has 134 valence electrons. The number of nitrogens with zero attached hydrogens (tertiary/aromatic N) is 5. The van der Waals surface area contributed by atoms with Crippen molar-refractivity contribution in [1.82, 2.24) is 14.8 Å². The number of fused-ring (bicyclic) bond motifs is 5. The van der Waals surface area contributed by atoms with Gasteiger partial charge in [-0.05, 0) is 25.0 Å². The number of imide groups is 1. The Balaban J connectivity index is 1.64. The van der Waals surface area contributed by atoms with Gasteiger partial charge in [0, 0.05) is 13.7 Å². The largest absolute Gasteiger partial charge is 0.375 e. The Kier molecular flexibility index (Phi) is 3.66. The van der Waals surface area contributed by atoms with Gasteiger partial charge in [0.2, 0.25) is 5.91 Å². The summed E-state index contributed by atoms with van der Waals surface area (Å²) in [5.41, 5.74) is 1.20. The Morgan fingerprint density at radius 1 is 1.46 bits per heavy atom. The third-order valence-corrected chi connectivity index (χ3v) is 5.28. The Morgan fingerprint density at radius 2 is 2.23 bits per heavy atom. The lowest BCUT2D eigenvalue weighted by molar-refractivity contribution is -0.139. The summed E-state index contributed by atoms with van der Waals surface area (Å²) >= 11 is 0. The number of piperazine rings is 1. The van der Waals surface area contributed by atoms with Gasteiger partial charge in [0.05, 0.1) is 24.0 Å². The minimum absolute atomic E-state index is 0.0411. The Morgan fingerprint density at radius 3 is 2.88 bits per heavy atom. The zero-order valence-electron chi connectivity index (χ0n) is 14.4. The number of ether oxygens (including phenoxy) is 1. The molecule has 4 amide bonds. The first kappa shape index (κ1) is 16.5. The molecule has 4 heterocycles. The molecule has 0 aliphatic carbocycles. The number of likely N-dealkylation sites (tertiary alicyclic amines) is 1. The van der Waals surface area contributed by atoms with Crippen LogP contribution in [-0.4, -0.2) is 71.0 Å². The molecule has 3 atom stereocenters. The van der Waals surface area contributed by atoms with Gasteiger partial charge in [0.25, 0.3) is 5.91 Å². The molecular weight excluding hydrogens is 338 g/mol. The number of amides is 4. The first-order chi connectivity index (χ1) is 12.5. The monoisotopic (exact) mass is 355 g/mol. The predicted molar refractivity (Wildman–Crippen MR) is 88.0 cm³/mol. The first-order valence-electron chi connectivity index (χ1n) is 8.29. The highest BCUT2D eigenvalue weighted by Crippen LogP contribution is 2.42. The highest BCUT2D eigenvalue weighted by Gasteiger charge is 2.62. The molecule has 3 aliphatic heterocycles. The molecular formula is C17H17N5O4. The zero-order valence-corrected chi connectivity index (χ0v) is 14.4. The fraction of sp³-hybridized carbons (Fsp3) is 0.471. The fourth-order valence-electron chi connectivity index (χ4n) is 4.19. The van der Waals surface area contributed by atoms with Gasteiger partial charge in [-0.1, -0.05) is 0 Å². The van der Waals surface area contributed by atoms with Crippen molar-refractivity contribution >= 4 is 23.5 Å². The lowest BCUT2D eigenvalue weighted by atomic mass is 10.1. The summed E-state index contributed by atoms with van der Waals surface area (Å²) < 4.78 is 4.91. The van der Waals surface area contributed by atoms with Crippen LogP contribution in [0.25, 0.3) is 0 Å². The number of rotatable bonds is 3. The van der Waals surface area contributed by atoms with Gasteiger partial charge < -0.3 is 14.5 Å². The van der Waals surface area contributed by atoms with Crippen LogP contribution in [0, 0.1) is 18.3 Å². The number of carbonyl (C=O) groups excluding carboxylic acids is 3. The number of pyridine rings is 1. The smallest absolute Gasteiger partial charge is 0.332 e. The molecule has 9 heteroatoms. The van der Waals surface area contributed by atoms with Crippen LogP contribution >= 0.6 is 0 Å². The van der Waals surface area contributed by atoms with E-state index in [4.69, 9.17) is 10.00 Å². The van der Waals surface area contributed by atoms with Crippen LogP contribution in [0.5, 0.6) is 0 Å². The number of hydrogen-bond donors (Lipinski definition) is 0. The SMILES string of the molecule is COCC(=O)N1C[C@@H]2C[C@H]1[C@H]1C(=O)N(c3cnc(C#N)c(C)c3)C(=O)N21. The van der Waals surface area contributed by atoms with Crippen molar-refractivity contribution in [3.63, 3.8) is 0 Å². The maximum Gasteiger partial charge on any atom is 0.332 e. The summed E-state index contributed by atoms with van der Waals surface area (Å²) in [6.07, 6.45) is 1.97. The van der Waals surface area contributed by atoms with Gasteiger partial charge >= 0.3 is 6.03 Å². The van der Waals surface area contributed by atoms with Crippen molar-refractivity contribution in [2.24, 2.45) is 0 Å². The van der Waals surface area contributed by atoms with Gasteiger partial charge in [-0.2, -0.15) is 5.26 Å². The number of methoxy groups -OCH3 is 1. The highest BCUT2D eigenvalue weighted by atomic mass is 16.5. The molecule has 0 unspecified atom stereocenters. The number of hydrogen-bond acceptors (Lipinski definition) is 6. The Hall–Kier alpha value is -2.99. The van der Waals surface area contributed by atoms with Gasteiger partial charge in [-0.25, -0.2) is 14.7 Å². The molecule has 9 nitrogen and oxygen atoms in total. The maximum atomic E-state index is 13.0. The lowest BCUT2D eigenvalue weighted by Gasteiger charge is -2.34. The van der Waals surface area contributed by atoms with E-state index >= 15 is 0 Å². The highest BCUT2D eigenvalue weighted by molar-refractivity contribution is 6.22. The average molecular weight is 355 g/mol. The minimum atomic E-state index is -0.669. The molecule has 0 saturated carbocycles. The molecule has 26 heavy (non-hydrogen) atoms. The molecule has 0 spiro atoms. The van der Waals surface area contributed by atoms with Crippen LogP contribution in [0.2, 0.25) is 0 Å². The van der Waals surface area contributed by atoms with E-state index < -0.39 is 12.1 Å². The van der Waals surface area contributed by atoms with E-state index in [9.17, 15) is 14.4 Å². The molecule has 4 rings (SSSR count). The van der Waals surface area contributed by atoms with Crippen LogP contribution in [0.15, 0.2) is 12.3 Å². The summed E-state index contributed by atoms with van der Waals surface area (Å²) in [5, 5.41) is 9.00. The summed E-state index contributed by atoms with van der Waals surface area (Å²) in [6.45, 7) is 2.08. The quantitative estimate of drug-likeness (QED) is 0.708. The van der Waals surface area contributed by atoms with Crippen molar-refractivity contribution in [3.05, 3.63) is 23.5 Å². The van der Waals surface area contributed by atoms with Crippen LogP contribution in [-0.2, 0) is 14.3 Å². The van der Waals surface area contributed by atoms with Crippen molar-refractivity contribution < 1.29 is 19.1 Å². The molecule has 3 aliphatic rings. The van der Waals surface area contributed by atoms with Crippen molar-refractivity contribution in [2.45, 2.75) is 31.5 Å². The summed E-state index contributed by atoms with van der Waals surface area (Å²) in [7, 11) is 1.45. The van der Waals surface area contributed by atoms with Crippen LogP contribution in [0.4, 0.5) is 10.5 Å². The number of nitriles is 1. The minimum Gasteiger partial charge on any atom is -0.375 e. The summed E-state index contributed by atoms with van der Waals surface area (Å²) in [5.74, 6) is -0.530. The van der Waals surface area contributed by atoms with Crippen LogP contribution in [0.1, 0.15) is 17.7 Å². The number of aryl methyl sites for hydroxylation is 1. The lowest BCUT2D eigenvalue weighted by Crippen LogP contribution is -2.55. The number of anilines is 1. The van der Waals surface area contributed by atoms with Crippen LogP contribution in [0.3, 0.4) is 0 Å². The zero-order chi connectivity index (χ0) is 18.6. The number of aromatic nitrogens is 1. The third kappa shape index (κ3) is 2.12. The molecule has 1 aromatic heterocycles. The molecule has 0 radical (unpaired) electrons. The normalized spacial score (nSPS) is 26.5. The van der Waals surface area contributed by atoms with Crippen LogP contribution < -0.4 is 4.90 Å². The standard InChI is InChI=1S/C17H17N5O4/c1-9-3-10(6-19-12(9)5-18)22-16(24)15-13-4-11(21(15)17(22)25)7-20(13)14(23)8-26-2/h3,6,11,13,15H,4,7-8H2,1-2H3/t11-,13-,15-/m0/s1. The van der Waals surface area contributed by atoms with E-state index in [2.05, 4.69) is 4.98 Å². The van der Waals surface area contributed by atoms with E-state index in [1.54, 1.807) is 22.8 Å². The molecule has 2 bridgehead atoms. The van der Waals surface area contributed by atoms with Crippen molar-refractivity contribution in [1.29, 1.82) is 5.26 Å². The molecule has 1 aromatic rings. The summed E-state index contributed by atoms with van der Waals surface area (Å²) in [4.78, 5) is 46.4. The van der Waals surface area contributed by atoms with Crippen molar-refractivity contribution in [2.75, 3.05) is 25.2 Å². The van der Waals surface area contributed by atoms with Gasteiger partial charge in [-0.3, -0.25) is 9.59 Å². The van der Waals surface area contributed by atoms with E-state index in [0.29, 0.717) is 24.2 Å². The van der Waals surface area contributed by atoms with E-state index in [1.807, 2.05) is 6.07 Å². The first-order valence-corrected chi connectivity index (χ1v) is 8.29. The fourth-order valence-corrected chi connectivity index (χ4v) is 4.19. The number of carbonyl (C=O) groups is 3. The topological polar surface area (TPSA) is 107 Å². The third-order valence-electron chi connectivity index (χ3n) is 5.28. The number of urea groups is 1. The van der Waals surface area contributed by atoms with Gasteiger partial charge in [0.15, 0.2) is 0 Å². The molecule has 0 aromatic carbocycles. The average Bonchev–Trinajstić information content (AvgIpc) is 3.27. The van der Waals surface area contributed by atoms with Gasteiger partial charge in [-0.15, -0.1) is 0 Å². The second kappa shape index (κ2) is 5.78. The van der Waals surface area contributed by atoms with Gasteiger partial charge in [0.1, 0.15) is 24.4 Å². The molecule has 0 N–H and O–H groups in total. The van der Waals surface area contributed by atoms with E-state index in [1.165, 1.54) is 13.3 Å².